The molecular formula is C18H16N4O. The maximum Gasteiger partial charge on any atom is 0.280 e. The van der Waals surface area contributed by atoms with Crippen LogP contribution in [0.3, 0.4) is 0 Å². The fourth-order valence-corrected chi connectivity index (χ4v) is 2.40. The quantitative estimate of drug-likeness (QED) is 0.562. The van der Waals surface area contributed by atoms with E-state index in [0.717, 1.165) is 22.0 Å². The number of hydrogen-bond acceptors (Lipinski definition) is 2. The monoisotopic (exact) mass is 304 g/mol. The number of aryl methyl sites for hydroxylation is 1. The Hall–Kier alpha value is -3.21. The van der Waals surface area contributed by atoms with Gasteiger partial charge in [-0.2, -0.15) is 4.99 Å². The number of rotatable bonds is 2. The predicted molar refractivity (Wildman–Crippen MR) is 92.1 cm³/mol. The number of nitrogens with two attached hydrogens (primary N) is 2. The van der Waals surface area contributed by atoms with E-state index < -0.39 is 5.91 Å². The average Bonchev–Trinajstić information content (AvgIpc) is 2.54. The number of nitrogens with zero attached hydrogens (tertiary/aromatic N) is 2. The van der Waals surface area contributed by atoms with Gasteiger partial charge in [0.25, 0.3) is 5.91 Å². The number of pyridine rings is 1. The van der Waals surface area contributed by atoms with Gasteiger partial charge in [-0.05, 0) is 19.1 Å². The average molecular weight is 304 g/mol. The van der Waals surface area contributed by atoms with Crippen LogP contribution in [0.1, 0.15) is 15.9 Å². The number of aliphatic imine (C=N–C) groups is 1. The molecule has 4 N–H and O–H groups in total. The summed E-state index contributed by atoms with van der Waals surface area (Å²) in [6.07, 6.45) is 0. The second-order valence-corrected chi connectivity index (χ2v) is 5.28. The summed E-state index contributed by atoms with van der Waals surface area (Å²) in [6.45, 7) is 2.02. The number of amides is 1. The predicted octanol–water partition coefficient (Wildman–Crippen LogP) is 2.62. The molecule has 23 heavy (non-hydrogen) atoms. The summed E-state index contributed by atoms with van der Waals surface area (Å²) in [5.41, 5.74) is 14.6. The largest absolute Gasteiger partial charge is 0.370 e. The molecule has 3 rings (SSSR count). The minimum Gasteiger partial charge on any atom is -0.370 e. The van der Waals surface area contributed by atoms with Crippen molar-refractivity contribution in [1.82, 2.24) is 4.98 Å². The second-order valence-electron chi connectivity index (χ2n) is 5.28. The first-order chi connectivity index (χ1) is 11.0. The normalized spacial score (nSPS) is 10.5. The summed E-state index contributed by atoms with van der Waals surface area (Å²) >= 11 is 0. The van der Waals surface area contributed by atoms with Gasteiger partial charge in [-0.1, -0.05) is 48.0 Å². The van der Waals surface area contributed by atoms with E-state index in [4.69, 9.17) is 11.5 Å². The Bertz CT molecular complexity index is 910. The smallest absolute Gasteiger partial charge is 0.280 e. The first-order valence-corrected chi connectivity index (χ1v) is 7.15. The van der Waals surface area contributed by atoms with Gasteiger partial charge in [-0.15, -0.1) is 0 Å². The molecule has 5 nitrogen and oxygen atoms in total. The standard InChI is InChI=1S/C18H16N4O/c1-11-6-8-12(9-7-11)16-10-14(17(23)22-18(19)20)13-4-2-3-5-15(13)21-16/h2-10H,1H3,(H4,19,20,22,23). The molecule has 0 bridgehead atoms. The van der Waals surface area contributed by atoms with Gasteiger partial charge in [0.15, 0.2) is 5.96 Å². The number of para-hydroxylation sites is 1. The highest BCUT2D eigenvalue weighted by atomic mass is 16.1. The first kappa shape index (κ1) is 14.7. The van der Waals surface area contributed by atoms with Gasteiger partial charge in [0.1, 0.15) is 0 Å². The minimum atomic E-state index is -0.475. The number of carbonyl (C=O) groups is 1. The van der Waals surface area contributed by atoms with Crippen LogP contribution in [-0.4, -0.2) is 16.9 Å². The third-order valence-corrected chi connectivity index (χ3v) is 3.52. The number of benzene rings is 2. The third-order valence-electron chi connectivity index (χ3n) is 3.52. The zero-order valence-electron chi connectivity index (χ0n) is 12.7. The summed E-state index contributed by atoms with van der Waals surface area (Å²) < 4.78 is 0. The fraction of sp³-hybridized carbons (Fsp3) is 0.0556. The van der Waals surface area contributed by atoms with Crippen LogP contribution < -0.4 is 11.5 Å². The van der Waals surface area contributed by atoms with Crippen molar-refractivity contribution in [2.45, 2.75) is 6.92 Å². The Labute approximate surface area is 133 Å². The van der Waals surface area contributed by atoms with E-state index in [0.29, 0.717) is 11.3 Å². The Morgan fingerprint density at radius 3 is 2.43 bits per heavy atom. The van der Waals surface area contributed by atoms with Gasteiger partial charge in [0, 0.05) is 10.9 Å². The van der Waals surface area contributed by atoms with Gasteiger partial charge < -0.3 is 11.5 Å². The van der Waals surface area contributed by atoms with E-state index in [2.05, 4.69) is 9.98 Å². The Morgan fingerprint density at radius 1 is 1.04 bits per heavy atom. The summed E-state index contributed by atoms with van der Waals surface area (Å²) in [5.74, 6) is -0.732. The molecule has 1 amide bonds. The molecule has 3 aromatic rings. The van der Waals surface area contributed by atoms with Crippen LogP contribution in [0.4, 0.5) is 0 Å². The van der Waals surface area contributed by atoms with Gasteiger partial charge in [0.2, 0.25) is 0 Å². The lowest BCUT2D eigenvalue weighted by molar-refractivity contribution is 0.100. The van der Waals surface area contributed by atoms with E-state index in [1.165, 1.54) is 0 Å². The molecule has 0 saturated carbocycles. The SMILES string of the molecule is Cc1ccc(-c2cc(C(=O)N=C(N)N)c3ccccc3n2)cc1. The van der Waals surface area contributed by atoms with Crippen molar-refractivity contribution in [2.24, 2.45) is 16.5 Å². The van der Waals surface area contributed by atoms with Gasteiger partial charge in [-0.25, -0.2) is 4.98 Å². The number of hydrogen-bond donors (Lipinski definition) is 2. The zero-order chi connectivity index (χ0) is 16.4. The van der Waals surface area contributed by atoms with Crippen LogP contribution in [0, 0.1) is 6.92 Å². The zero-order valence-corrected chi connectivity index (χ0v) is 12.7. The van der Waals surface area contributed by atoms with Crippen molar-refractivity contribution >= 4 is 22.8 Å². The molecule has 1 heterocycles. The molecule has 1 aromatic heterocycles. The summed E-state index contributed by atoms with van der Waals surface area (Å²) in [6, 6.07) is 17.1. The summed E-state index contributed by atoms with van der Waals surface area (Å²) in [4.78, 5) is 20.6. The molecule has 0 atom stereocenters. The number of guanidine groups is 1. The first-order valence-electron chi connectivity index (χ1n) is 7.15. The van der Waals surface area contributed by atoms with Crippen molar-refractivity contribution in [3.05, 3.63) is 65.7 Å². The molecule has 0 spiro atoms. The van der Waals surface area contributed by atoms with Crippen molar-refractivity contribution in [1.29, 1.82) is 0 Å². The van der Waals surface area contributed by atoms with E-state index in [-0.39, 0.29) is 5.96 Å². The van der Waals surface area contributed by atoms with E-state index in [1.54, 1.807) is 6.07 Å². The second kappa shape index (κ2) is 5.88. The van der Waals surface area contributed by atoms with Crippen molar-refractivity contribution < 1.29 is 4.79 Å². The Balaban J connectivity index is 2.23. The molecule has 2 aromatic carbocycles. The maximum atomic E-state index is 12.3. The highest BCUT2D eigenvalue weighted by Crippen LogP contribution is 2.25. The molecule has 0 saturated heterocycles. The number of aromatic nitrogens is 1. The molecule has 0 aliphatic heterocycles. The Morgan fingerprint density at radius 2 is 1.74 bits per heavy atom. The van der Waals surface area contributed by atoms with Crippen LogP contribution in [0.5, 0.6) is 0 Å². The van der Waals surface area contributed by atoms with Crippen LogP contribution in [0.2, 0.25) is 0 Å². The molecule has 0 unspecified atom stereocenters. The van der Waals surface area contributed by atoms with Crippen LogP contribution in [0.15, 0.2) is 59.6 Å². The number of fused-ring (bicyclic) bond motifs is 1. The van der Waals surface area contributed by atoms with Crippen molar-refractivity contribution in [3.63, 3.8) is 0 Å². The summed E-state index contributed by atoms with van der Waals surface area (Å²) in [5, 5.41) is 0.721. The Kier molecular flexibility index (Phi) is 3.76. The molecule has 0 fully saturated rings. The molecule has 114 valence electrons. The van der Waals surface area contributed by atoms with Crippen LogP contribution in [0.25, 0.3) is 22.2 Å². The number of carbonyl (C=O) groups excluding carboxylic acids is 1. The van der Waals surface area contributed by atoms with E-state index in [1.807, 2.05) is 55.5 Å². The van der Waals surface area contributed by atoms with Crippen molar-refractivity contribution in [2.75, 3.05) is 0 Å². The van der Waals surface area contributed by atoms with Gasteiger partial charge in [0.05, 0.1) is 16.8 Å². The lowest BCUT2D eigenvalue weighted by Gasteiger charge is -2.08. The van der Waals surface area contributed by atoms with E-state index in [9.17, 15) is 4.79 Å². The molecular weight excluding hydrogens is 288 g/mol. The highest BCUT2D eigenvalue weighted by molar-refractivity contribution is 6.10. The molecule has 0 radical (unpaired) electrons. The topological polar surface area (TPSA) is 94.4 Å². The minimum absolute atomic E-state index is 0.257. The van der Waals surface area contributed by atoms with Crippen LogP contribution in [-0.2, 0) is 0 Å². The lowest BCUT2D eigenvalue weighted by atomic mass is 10.0. The fourth-order valence-electron chi connectivity index (χ4n) is 2.40. The van der Waals surface area contributed by atoms with Crippen molar-refractivity contribution in [3.8, 4) is 11.3 Å². The highest BCUT2D eigenvalue weighted by Gasteiger charge is 2.13. The van der Waals surface area contributed by atoms with E-state index >= 15 is 0 Å². The summed E-state index contributed by atoms with van der Waals surface area (Å²) in [7, 11) is 0. The molecule has 0 aliphatic rings. The van der Waals surface area contributed by atoms with Gasteiger partial charge in [-0.3, -0.25) is 4.79 Å². The lowest BCUT2D eigenvalue weighted by Crippen LogP contribution is -2.24. The molecule has 0 aliphatic carbocycles. The third kappa shape index (κ3) is 3.03. The molecule has 5 heteroatoms. The van der Waals surface area contributed by atoms with Gasteiger partial charge >= 0.3 is 0 Å². The van der Waals surface area contributed by atoms with Crippen LogP contribution >= 0.6 is 0 Å². The maximum absolute atomic E-state index is 12.3.